The van der Waals surface area contributed by atoms with Gasteiger partial charge in [-0.2, -0.15) is 13.2 Å². The number of hydrogen-bond donors (Lipinski definition) is 2. The van der Waals surface area contributed by atoms with E-state index in [0.717, 1.165) is 22.4 Å². The summed E-state index contributed by atoms with van der Waals surface area (Å²) in [5.74, 6) is -0.184. The predicted molar refractivity (Wildman–Crippen MR) is 218 cm³/mol. The third-order valence-electron chi connectivity index (χ3n) is 11.8. The van der Waals surface area contributed by atoms with Crippen LogP contribution < -0.4 is 15.0 Å². The van der Waals surface area contributed by atoms with Crippen LogP contribution in [0.25, 0.3) is 11.3 Å². The number of hydrogen-bond acceptors (Lipinski definition) is 11. The number of alkyl halides is 3. The second kappa shape index (κ2) is 17.1. The molecule has 3 aliphatic heterocycles. The van der Waals surface area contributed by atoms with E-state index >= 15 is 0 Å². The Balaban J connectivity index is 1.11. The maximum Gasteiger partial charge on any atom is 0.405 e. The molecule has 2 amide bonds. The first kappa shape index (κ1) is 43.1. The van der Waals surface area contributed by atoms with Crippen molar-refractivity contribution in [1.29, 1.82) is 0 Å². The van der Waals surface area contributed by atoms with Gasteiger partial charge in [0.25, 0.3) is 0 Å². The number of fused-ring (bicyclic) bond motifs is 3. The fraction of sp³-hybridized carbons (Fsp3) is 0.500. The molecule has 2 saturated heterocycles. The lowest BCUT2D eigenvalue weighted by molar-refractivity contribution is -0.153. The van der Waals surface area contributed by atoms with E-state index in [2.05, 4.69) is 15.3 Å². The van der Waals surface area contributed by atoms with Crippen molar-refractivity contribution < 1.29 is 41.8 Å². The van der Waals surface area contributed by atoms with E-state index in [1.54, 1.807) is 28.4 Å². The van der Waals surface area contributed by atoms with Crippen molar-refractivity contribution in [2.24, 2.45) is 5.92 Å². The van der Waals surface area contributed by atoms with Gasteiger partial charge < -0.3 is 34.1 Å². The number of amides is 2. The Morgan fingerprint density at radius 3 is 2.50 bits per heavy atom. The summed E-state index contributed by atoms with van der Waals surface area (Å²) in [6.45, 7) is 6.84. The lowest BCUT2D eigenvalue weighted by atomic mass is 9.89. The summed E-state index contributed by atoms with van der Waals surface area (Å²) in [5.41, 5.74) is 1.48. The molecule has 16 heteroatoms. The Hall–Kier alpha value is -5.03. The van der Waals surface area contributed by atoms with Gasteiger partial charge in [-0.05, 0) is 58.2 Å². The highest BCUT2D eigenvalue weighted by Crippen LogP contribution is 2.48. The highest BCUT2D eigenvalue weighted by Gasteiger charge is 2.54. The predicted octanol–water partition coefficient (Wildman–Crippen LogP) is 5.41. The molecule has 7 rings (SSSR count). The second-order valence-electron chi connectivity index (χ2n) is 17.1. The number of para-hydroxylation sites is 1. The Bertz CT molecular complexity index is 2130. The maximum atomic E-state index is 14.9. The van der Waals surface area contributed by atoms with Crippen molar-refractivity contribution >= 4 is 17.5 Å². The van der Waals surface area contributed by atoms with Gasteiger partial charge in [-0.15, -0.1) is 0 Å². The van der Waals surface area contributed by atoms with Crippen LogP contribution in [0.3, 0.4) is 0 Å². The SMILES string of the molecule is CN(C)c1cncc(-c2cnc(C(C)(C)N3CCN(C[C@@H](O)C[C@@H](Cc4ccccc4)C(=O)N4[C@H]5c6ccccc6OC[C@H]5OC4(C)C)[C@H](C(=O)NCC(F)(F)F)C3)o2)c1. The topological polar surface area (TPSA) is 137 Å². The number of benzene rings is 2. The molecule has 13 nitrogen and oxygen atoms in total. The van der Waals surface area contributed by atoms with Crippen LogP contribution >= 0.6 is 0 Å². The normalized spacial score (nSPS) is 21.7. The minimum Gasteiger partial charge on any atom is -0.490 e. The van der Waals surface area contributed by atoms with E-state index in [1.165, 1.54) is 0 Å². The van der Waals surface area contributed by atoms with Gasteiger partial charge in [-0.25, -0.2) is 4.98 Å². The second-order valence-corrected chi connectivity index (χ2v) is 17.1. The van der Waals surface area contributed by atoms with Crippen molar-refractivity contribution in [3.63, 3.8) is 0 Å². The summed E-state index contributed by atoms with van der Waals surface area (Å²) in [5, 5.41) is 13.9. The highest BCUT2D eigenvalue weighted by atomic mass is 19.4. The van der Waals surface area contributed by atoms with Gasteiger partial charge in [-0.3, -0.25) is 24.4 Å². The zero-order chi connectivity index (χ0) is 43.0. The molecular formula is C44H54F3N7O6. The molecule has 2 aromatic heterocycles. The minimum absolute atomic E-state index is 0.0228. The molecule has 2 fully saturated rings. The van der Waals surface area contributed by atoms with Crippen LogP contribution in [0.2, 0.25) is 0 Å². The van der Waals surface area contributed by atoms with Gasteiger partial charge in [0.2, 0.25) is 17.7 Å². The van der Waals surface area contributed by atoms with Crippen LogP contribution in [0.5, 0.6) is 5.75 Å². The van der Waals surface area contributed by atoms with E-state index in [-0.39, 0.29) is 38.6 Å². The van der Waals surface area contributed by atoms with Crippen molar-refractivity contribution in [2.45, 2.75) is 82.3 Å². The van der Waals surface area contributed by atoms with Crippen LogP contribution in [0.4, 0.5) is 18.9 Å². The maximum absolute atomic E-state index is 14.9. The summed E-state index contributed by atoms with van der Waals surface area (Å²) in [4.78, 5) is 44.9. The monoisotopic (exact) mass is 833 g/mol. The Labute approximate surface area is 348 Å². The number of pyridine rings is 1. The number of rotatable bonds is 13. The molecule has 0 spiro atoms. The van der Waals surface area contributed by atoms with Crippen molar-refractivity contribution in [3.8, 4) is 17.1 Å². The fourth-order valence-corrected chi connectivity index (χ4v) is 8.66. The zero-order valence-corrected chi connectivity index (χ0v) is 34.9. The number of aliphatic hydroxyl groups is 1. The van der Waals surface area contributed by atoms with Gasteiger partial charge in [0.15, 0.2) is 5.76 Å². The lowest BCUT2D eigenvalue weighted by Crippen LogP contribution is -2.63. The summed E-state index contributed by atoms with van der Waals surface area (Å²) >= 11 is 0. The molecule has 0 unspecified atom stereocenters. The fourth-order valence-electron chi connectivity index (χ4n) is 8.66. The number of aliphatic hydroxyl groups excluding tert-OH is 1. The number of nitrogens with one attached hydrogen (secondary N) is 1. The number of carbonyl (C=O) groups excluding carboxylic acids is 2. The smallest absolute Gasteiger partial charge is 0.405 e. The summed E-state index contributed by atoms with van der Waals surface area (Å²) < 4.78 is 58.9. The number of ether oxygens (including phenoxy) is 2. The Morgan fingerprint density at radius 1 is 1.03 bits per heavy atom. The van der Waals surface area contributed by atoms with E-state index in [0.29, 0.717) is 30.4 Å². The molecule has 5 heterocycles. The first-order valence-electron chi connectivity index (χ1n) is 20.3. The molecule has 0 bridgehead atoms. The summed E-state index contributed by atoms with van der Waals surface area (Å²) in [7, 11) is 3.81. The summed E-state index contributed by atoms with van der Waals surface area (Å²) in [6, 6.07) is 17.6. The van der Waals surface area contributed by atoms with Crippen molar-refractivity contribution in [1.82, 2.24) is 30.0 Å². The lowest BCUT2D eigenvalue weighted by Gasteiger charge is -2.46. The largest absolute Gasteiger partial charge is 0.490 e. The first-order chi connectivity index (χ1) is 28.4. The summed E-state index contributed by atoms with van der Waals surface area (Å²) in [6.07, 6.45) is -0.771. The third kappa shape index (κ3) is 9.31. The van der Waals surface area contributed by atoms with Crippen LogP contribution in [-0.2, 0) is 26.3 Å². The number of nitrogens with zero attached hydrogens (tertiary/aromatic N) is 6. The average Bonchev–Trinajstić information content (AvgIpc) is 3.82. The molecule has 60 heavy (non-hydrogen) atoms. The van der Waals surface area contributed by atoms with Crippen LogP contribution in [0.15, 0.2) is 83.7 Å². The molecule has 0 radical (unpaired) electrons. The molecule has 2 N–H and O–H groups in total. The van der Waals surface area contributed by atoms with Crippen molar-refractivity contribution in [2.75, 3.05) is 58.3 Å². The molecule has 322 valence electrons. The van der Waals surface area contributed by atoms with Gasteiger partial charge >= 0.3 is 6.18 Å². The number of β-amino-alcohol motifs (C(OH)–C–C–N with tert-alkyl or cyclic N) is 1. The van der Waals surface area contributed by atoms with Crippen LogP contribution in [0, 0.1) is 5.92 Å². The third-order valence-corrected chi connectivity index (χ3v) is 11.8. The standard InChI is InChI=1S/C44H54F3N7O6/c1-42(2,41-49-23-36(59-41)30-19-31(51(5)6)22-48-21-30)53-17-16-52(34(25-53)39(56)50-27-44(45,46)47)24-32(55)20-29(18-28-12-8-7-9-13-28)40(57)54-38-33-14-10-11-15-35(33)58-26-37(38)60-43(54,3)4/h7-15,19,21-23,29,32,34,37-38,55H,16-18,20,24-27H2,1-6H3,(H,50,56)/t29-,32+,34+,37-,38+/m1/s1. The first-order valence-corrected chi connectivity index (χ1v) is 20.3. The molecular weight excluding hydrogens is 780 g/mol. The molecule has 5 atom stereocenters. The van der Waals surface area contributed by atoms with E-state index in [9.17, 15) is 27.9 Å². The van der Waals surface area contributed by atoms with Crippen LogP contribution in [0.1, 0.15) is 57.2 Å². The van der Waals surface area contributed by atoms with E-state index in [4.69, 9.17) is 13.9 Å². The number of carbonyl (C=O) groups is 2. The number of aromatic nitrogens is 2. The molecule has 0 aliphatic carbocycles. The van der Waals surface area contributed by atoms with Crippen molar-refractivity contribution in [3.05, 3.63) is 96.3 Å². The minimum atomic E-state index is -4.62. The van der Waals surface area contributed by atoms with Gasteiger partial charge in [0.1, 0.15) is 36.8 Å². The Kier molecular flexibility index (Phi) is 12.3. The molecule has 4 aromatic rings. The molecule has 0 saturated carbocycles. The zero-order valence-electron chi connectivity index (χ0n) is 34.9. The number of halogens is 3. The van der Waals surface area contributed by atoms with E-state index in [1.807, 2.05) is 112 Å². The quantitative estimate of drug-likeness (QED) is 0.179. The number of anilines is 1. The number of oxazole rings is 1. The molecule has 2 aromatic carbocycles. The van der Waals surface area contributed by atoms with E-state index < -0.39 is 60.1 Å². The average molecular weight is 834 g/mol. The number of piperazine rings is 1. The highest BCUT2D eigenvalue weighted by molar-refractivity contribution is 5.82. The van der Waals surface area contributed by atoms with Crippen LogP contribution in [-0.4, -0.2) is 125 Å². The van der Waals surface area contributed by atoms with Gasteiger partial charge in [0, 0.05) is 63.5 Å². The Morgan fingerprint density at radius 2 is 1.77 bits per heavy atom. The van der Waals surface area contributed by atoms with Gasteiger partial charge in [0.05, 0.1) is 35.8 Å². The molecule has 3 aliphatic rings. The van der Waals surface area contributed by atoms with Gasteiger partial charge in [-0.1, -0.05) is 48.5 Å².